The molecule has 0 bridgehead atoms. The predicted molar refractivity (Wildman–Crippen MR) is 65.1 cm³/mol. The van der Waals surface area contributed by atoms with Crippen molar-refractivity contribution in [2.24, 2.45) is 0 Å². The number of hydrogen-bond acceptors (Lipinski definition) is 5. The van der Waals surface area contributed by atoms with Gasteiger partial charge in [-0.15, -0.1) is 11.3 Å². The van der Waals surface area contributed by atoms with Crippen molar-refractivity contribution < 1.29 is 9.84 Å². The third-order valence-corrected chi connectivity index (χ3v) is 4.26. The molecule has 0 radical (unpaired) electrons. The fourth-order valence-corrected chi connectivity index (χ4v) is 2.59. The van der Waals surface area contributed by atoms with Crippen molar-refractivity contribution in [2.75, 3.05) is 18.5 Å². The largest absolute Gasteiger partial charge is 0.385 e. The quantitative estimate of drug-likeness (QED) is 0.847. The van der Waals surface area contributed by atoms with E-state index in [1.807, 2.05) is 20.8 Å². The molecular formula is C11H18N2O2S. The van der Waals surface area contributed by atoms with Gasteiger partial charge in [0.2, 0.25) is 0 Å². The van der Waals surface area contributed by atoms with E-state index in [0.717, 1.165) is 10.8 Å². The Morgan fingerprint density at radius 2 is 2.38 bits per heavy atom. The number of thiazole rings is 1. The molecule has 16 heavy (non-hydrogen) atoms. The highest BCUT2D eigenvalue weighted by atomic mass is 32.1. The molecular weight excluding hydrogens is 224 g/mol. The van der Waals surface area contributed by atoms with Crippen LogP contribution in [-0.2, 0) is 4.74 Å². The Morgan fingerprint density at radius 1 is 1.62 bits per heavy atom. The van der Waals surface area contributed by atoms with Gasteiger partial charge in [0, 0.05) is 24.4 Å². The van der Waals surface area contributed by atoms with Gasteiger partial charge in [-0.3, -0.25) is 0 Å². The second-order valence-electron chi connectivity index (χ2n) is 4.38. The molecule has 0 amide bonds. The van der Waals surface area contributed by atoms with Crippen LogP contribution < -0.4 is 5.32 Å². The number of ether oxygens (including phenoxy) is 1. The Hall–Kier alpha value is -0.650. The summed E-state index contributed by atoms with van der Waals surface area (Å²) in [6.07, 6.45) is 0.576. The molecule has 1 aromatic rings. The molecule has 0 spiro atoms. The number of nitrogens with zero attached hydrogens (tertiary/aromatic N) is 1. The van der Waals surface area contributed by atoms with Crippen molar-refractivity contribution in [3.05, 3.63) is 10.6 Å². The summed E-state index contributed by atoms with van der Waals surface area (Å²) in [5.41, 5.74) is 0.295. The number of aromatic nitrogens is 1. The van der Waals surface area contributed by atoms with Crippen LogP contribution in [-0.4, -0.2) is 34.9 Å². The molecule has 0 aromatic carbocycles. The molecule has 1 saturated heterocycles. The molecule has 1 aliphatic rings. The van der Waals surface area contributed by atoms with E-state index in [9.17, 15) is 5.11 Å². The third-order valence-electron chi connectivity index (χ3n) is 3.23. The second kappa shape index (κ2) is 4.31. The molecule has 0 aliphatic carbocycles. The maximum Gasteiger partial charge on any atom is 0.183 e. The van der Waals surface area contributed by atoms with Gasteiger partial charge >= 0.3 is 0 Å². The molecule has 2 N–H and O–H groups in total. The average Bonchev–Trinajstić information content (AvgIpc) is 2.71. The van der Waals surface area contributed by atoms with E-state index in [1.54, 1.807) is 11.3 Å². The van der Waals surface area contributed by atoms with Gasteiger partial charge in [-0.1, -0.05) is 0 Å². The van der Waals surface area contributed by atoms with Crippen molar-refractivity contribution in [3.63, 3.8) is 0 Å². The molecule has 1 aromatic heterocycles. The number of aryl methyl sites for hydroxylation is 2. The van der Waals surface area contributed by atoms with Gasteiger partial charge in [0.15, 0.2) is 5.13 Å². The van der Waals surface area contributed by atoms with Crippen molar-refractivity contribution in [1.82, 2.24) is 4.98 Å². The highest BCUT2D eigenvalue weighted by Gasteiger charge is 2.39. The van der Waals surface area contributed by atoms with E-state index in [0.29, 0.717) is 19.6 Å². The maximum atomic E-state index is 10.3. The van der Waals surface area contributed by atoms with Gasteiger partial charge < -0.3 is 15.2 Å². The van der Waals surface area contributed by atoms with Gasteiger partial charge in [0.1, 0.15) is 5.60 Å². The summed E-state index contributed by atoms with van der Waals surface area (Å²) in [5.74, 6) is 0. The van der Waals surface area contributed by atoms with E-state index < -0.39 is 5.60 Å². The van der Waals surface area contributed by atoms with Crippen LogP contribution in [0, 0.1) is 13.8 Å². The molecule has 2 heterocycles. The molecule has 2 rings (SSSR count). The maximum absolute atomic E-state index is 10.3. The van der Waals surface area contributed by atoms with Crippen LogP contribution >= 0.6 is 11.3 Å². The minimum absolute atomic E-state index is 0.109. The van der Waals surface area contributed by atoms with Gasteiger partial charge in [0.05, 0.1) is 11.8 Å². The summed E-state index contributed by atoms with van der Waals surface area (Å²) in [4.78, 5) is 5.60. The Labute approximate surface area is 99.7 Å². The van der Waals surface area contributed by atoms with E-state index in [-0.39, 0.29) is 6.10 Å². The van der Waals surface area contributed by atoms with Crippen LogP contribution in [0.3, 0.4) is 0 Å². The molecule has 2 unspecified atom stereocenters. The first-order chi connectivity index (χ1) is 7.51. The molecule has 4 nitrogen and oxygen atoms in total. The van der Waals surface area contributed by atoms with E-state index in [1.165, 1.54) is 4.88 Å². The Bertz CT molecular complexity index is 361. The molecule has 5 heteroatoms. The lowest BCUT2D eigenvalue weighted by Gasteiger charge is -2.25. The lowest BCUT2D eigenvalue weighted by Crippen LogP contribution is -2.43. The van der Waals surface area contributed by atoms with Gasteiger partial charge in [-0.2, -0.15) is 0 Å². The van der Waals surface area contributed by atoms with Crippen molar-refractivity contribution in [1.29, 1.82) is 0 Å². The van der Waals surface area contributed by atoms with Crippen LogP contribution in [0.15, 0.2) is 0 Å². The van der Waals surface area contributed by atoms with Crippen LogP contribution in [0.4, 0.5) is 5.13 Å². The summed E-state index contributed by atoms with van der Waals surface area (Å²) in [6, 6.07) is 0. The fourth-order valence-electron chi connectivity index (χ4n) is 1.78. The number of hydrogen-bond donors (Lipinski definition) is 2. The van der Waals surface area contributed by atoms with Crippen molar-refractivity contribution >= 4 is 16.5 Å². The topological polar surface area (TPSA) is 54.4 Å². The van der Waals surface area contributed by atoms with Crippen LogP contribution in [0.1, 0.15) is 23.9 Å². The van der Waals surface area contributed by atoms with Gasteiger partial charge in [0.25, 0.3) is 0 Å². The lowest BCUT2D eigenvalue weighted by molar-refractivity contribution is -0.0175. The first-order valence-corrected chi connectivity index (χ1v) is 6.35. The summed E-state index contributed by atoms with van der Waals surface area (Å²) >= 11 is 1.62. The molecule has 1 aliphatic heterocycles. The number of aliphatic hydroxyl groups is 1. The second-order valence-corrected chi connectivity index (χ2v) is 5.58. The molecule has 2 atom stereocenters. The van der Waals surface area contributed by atoms with Crippen molar-refractivity contribution in [3.8, 4) is 0 Å². The van der Waals surface area contributed by atoms with Crippen molar-refractivity contribution in [2.45, 2.75) is 38.9 Å². The van der Waals surface area contributed by atoms with Crippen LogP contribution in [0.5, 0.6) is 0 Å². The summed E-state index contributed by atoms with van der Waals surface area (Å²) in [6.45, 7) is 7.09. The number of rotatable bonds is 3. The van der Waals surface area contributed by atoms with Gasteiger partial charge in [-0.05, 0) is 20.8 Å². The average molecular weight is 242 g/mol. The monoisotopic (exact) mass is 242 g/mol. The minimum atomic E-state index is -0.756. The lowest BCUT2D eigenvalue weighted by atomic mass is 9.97. The first-order valence-electron chi connectivity index (χ1n) is 5.53. The standard InChI is InChI=1S/C11H18N2O2S/c1-7-8(2)16-10(13-7)12-6-11(14)4-5-15-9(11)3/h9,14H,4-6H2,1-3H3,(H,12,13). The highest BCUT2D eigenvalue weighted by molar-refractivity contribution is 7.15. The summed E-state index contributed by atoms with van der Waals surface area (Å²) < 4.78 is 5.38. The first kappa shape index (κ1) is 11.8. The highest BCUT2D eigenvalue weighted by Crippen LogP contribution is 2.27. The third kappa shape index (κ3) is 2.21. The van der Waals surface area contributed by atoms with Gasteiger partial charge in [-0.25, -0.2) is 4.98 Å². The smallest absolute Gasteiger partial charge is 0.183 e. The minimum Gasteiger partial charge on any atom is -0.385 e. The molecule has 1 fully saturated rings. The number of nitrogens with one attached hydrogen (secondary N) is 1. The number of anilines is 1. The summed E-state index contributed by atoms with van der Waals surface area (Å²) in [5, 5.41) is 14.4. The zero-order valence-electron chi connectivity index (χ0n) is 9.91. The van der Waals surface area contributed by atoms with E-state index in [2.05, 4.69) is 10.3 Å². The molecule has 90 valence electrons. The SMILES string of the molecule is Cc1nc(NCC2(O)CCOC2C)sc1C. The van der Waals surface area contributed by atoms with E-state index in [4.69, 9.17) is 4.74 Å². The fraction of sp³-hybridized carbons (Fsp3) is 0.727. The predicted octanol–water partition coefficient (Wildman–Crippen LogP) is 1.71. The molecule has 0 saturated carbocycles. The Balaban J connectivity index is 1.96. The van der Waals surface area contributed by atoms with E-state index >= 15 is 0 Å². The van der Waals surface area contributed by atoms with Crippen LogP contribution in [0.25, 0.3) is 0 Å². The Morgan fingerprint density at radius 3 is 2.88 bits per heavy atom. The Kier molecular flexibility index (Phi) is 3.19. The van der Waals surface area contributed by atoms with Crippen LogP contribution in [0.2, 0.25) is 0 Å². The summed E-state index contributed by atoms with van der Waals surface area (Å²) in [7, 11) is 0. The zero-order chi connectivity index (χ0) is 11.8. The zero-order valence-corrected chi connectivity index (χ0v) is 10.7. The normalized spacial score (nSPS) is 29.6.